The van der Waals surface area contributed by atoms with E-state index in [1.54, 1.807) is 32.4 Å². The number of rotatable bonds is 6. The first-order valence-corrected chi connectivity index (χ1v) is 7.36. The molecule has 0 aliphatic heterocycles. The maximum Gasteiger partial charge on any atom is 0.325 e. The molecule has 21 heavy (non-hydrogen) atoms. The summed E-state index contributed by atoms with van der Waals surface area (Å²) in [6.45, 7) is 0. The van der Waals surface area contributed by atoms with Crippen LogP contribution in [-0.2, 0) is 4.79 Å². The molecule has 1 saturated carbocycles. The molecule has 1 aromatic rings. The van der Waals surface area contributed by atoms with E-state index in [0.29, 0.717) is 17.1 Å². The molecule has 1 atom stereocenters. The van der Waals surface area contributed by atoms with E-state index in [9.17, 15) is 9.90 Å². The van der Waals surface area contributed by atoms with Crippen LogP contribution >= 0.6 is 0 Å². The van der Waals surface area contributed by atoms with Crippen molar-refractivity contribution in [2.24, 2.45) is 0 Å². The van der Waals surface area contributed by atoms with Gasteiger partial charge < -0.3 is 14.6 Å². The number of nitrogens with one attached hydrogen (secondary N) is 1. The molecule has 5 heteroatoms. The van der Waals surface area contributed by atoms with E-state index in [0.717, 1.165) is 25.7 Å². The largest absolute Gasteiger partial charge is 0.493 e. The van der Waals surface area contributed by atoms with Crippen LogP contribution in [0.3, 0.4) is 0 Å². The molecular weight excluding hydrogens is 270 g/mol. The van der Waals surface area contributed by atoms with Gasteiger partial charge in [-0.3, -0.25) is 10.1 Å². The Morgan fingerprint density at radius 1 is 1.19 bits per heavy atom. The van der Waals surface area contributed by atoms with Gasteiger partial charge in [0.15, 0.2) is 11.5 Å². The van der Waals surface area contributed by atoms with Crippen molar-refractivity contribution >= 4 is 5.97 Å². The molecule has 0 amide bonds. The zero-order valence-electron chi connectivity index (χ0n) is 12.6. The van der Waals surface area contributed by atoms with Gasteiger partial charge in [-0.05, 0) is 30.5 Å². The second-order valence-electron chi connectivity index (χ2n) is 5.39. The summed E-state index contributed by atoms with van der Waals surface area (Å²) in [5, 5.41) is 12.8. The summed E-state index contributed by atoms with van der Waals surface area (Å²) in [4.78, 5) is 11.6. The minimum absolute atomic E-state index is 0.271. The van der Waals surface area contributed by atoms with Crippen molar-refractivity contribution in [1.82, 2.24) is 5.32 Å². The molecule has 1 fully saturated rings. The first kappa shape index (κ1) is 15.6. The standard InChI is InChI=1S/C16H23NO4/c1-20-13-9-8-11(10-14(13)21-2)15(16(18)19)17-12-6-4-3-5-7-12/h8-10,12,15,17H,3-7H2,1-2H3,(H,18,19). The molecule has 0 radical (unpaired) electrons. The smallest absolute Gasteiger partial charge is 0.325 e. The first-order valence-electron chi connectivity index (χ1n) is 7.36. The molecule has 0 heterocycles. The predicted molar refractivity (Wildman–Crippen MR) is 79.9 cm³/mol. The topological polar surface area (TPSA) is 67.8 Å². The van der Waals surface area contributed by atoms with Crippen molar-refractivity contribution in [3.8, 4) is 11.5 Å². The normalized spacial score (nSPS) is 17.2. The molecule has 1 unspecified atom stereocenters. The Bertz CT molecular complexity index is 483. The SMILES string of the molecule is COc1ccc(C(NC2CCCCC2)C(=O)O)cc1OC. The monoisotopic (exact) mass is 293 g/mol. The van der Waals surface area contributed by atoms with Crippen LogP contribution in [-0.4, -0.2) is 31.3 Å². The molecule has 2 rings (SSSR count). The Morgan fingerprint density at radius 3 is 2.43 bits per heavy atom. The van der Waals surface area contributed by atoms with Crippen molar-refractivity contribution in [3.63, 3.8) is 0 Å². The highest BCUT2D eigenvalue weighted by Gasteiger charge is 2.25. The maximum atomic E-state index is 11.6. The Balaban J connectivity index is 2.19. The van der Waals surface area contributed by atoms with Crippen molar-refractivity contribution in [3.05, 3.63) is 23.8 Å². The zero-order chi connectivity index (χ0) is 15.2. The third-order valence-electron chi connectivity index (χ3n) is 4.00. The average Bonchev–Trinajstić information content (AvgIpc) is 2.52. The Labute approximate surface area is 125 Å². The zero-order valence-corrected chi connectivity index (χ0v) is 12.6. The number of hydrogen-bond donors (Lipinski definition) is 2. The maximum absolute atomic E-state index is 11.6. The molecule has 0 spiro atoms. The first-order chi connectivity index (χ1) is 10.2. The quantitative estimate of drug-likeness (QED) is 0.844. The van der Waals surface area contributed by atoms with Crippen LogP contribution in [0, 0.1) is 0 Å². The Kier molecular flexibility index (Phi) is 5.44. The van der Waals surface area contributed by atoms with Crippen LogP contribution in [0.5, 0.6) is 11.5 Å². The third-order valence-corrected chi connectivity index (χ3v) is 4.00. The Hall–Kier alpha value is -1.75. The van der Waals surface area contributed by atoms with Gasteiger partial charge in [0.25, 0.3) is 0 Å². The second kappa shape index (κ2) is 7.31. The number of carboxylic acid groups (broad SMARTS) is 1. The van der Waals surface area contributed by atoms with Gasteiger partial charge in [0.05, 0.1) is 14.2 Å². The summed E-state index contributed by atoms with van der Waals surface area (Å²) >= 11 is 0. The van der Waals surface area contributed by atoms with Gasteiger partial charge in [0.2, 0.25) is 0 Å². The summed E-state index contributed by atoms with van der Waals surface area (Å²) in [5.74, 6) is 0.280. The molecule has 1 aliphatic carbocycles. The third kappa shape index (κ3) is 3.88. The van der Waals surface area contributed by atoms with Gasteiger partial charge >= 0.3 is 5.97 Å². The minimum atomic E-state index is -0.868. The van der Waals surface area contributed by atoms with E-state index in [-0.39, 0.29) is 6.04 Å². The van der Waals surface area contributed by atoms with Crippen LogP contribution < -0.4 is 14.8 Å². The van der Waals surface area contributed by atoms with Gasteiger partial charge in [0.1, 0.15) is 6.04 Å². The van der Waals surface area contributed by atoms with E-state index in [1.165, 1.54) is 6.42 Å². The van der Waals surface area contributed by atoms with E-state index in [2.05, 4.69) is 5.32 Å². The highest BCUT2D eigenvalue weighted by Crippen LogP contribution is 2.31. The fourth-order valence-corrected chi connectivity index (χ4v) is 2.85. The van der Waals surface area contributed by atoms with Crippen LogP contribution in [0.4, 0.5) is 0 Å². The van der Waals surface area contributed by atoms with Crippen LogP contribution in [0.2, 0.25) is 0 Å². The Morgan fingerprint density at radius 2 is 1.86 bits per heavy atom. The number of carboxylic acids is 1. The van der Waals surface area contributed by atoms with Crippen LogP contribution in [0.25, 0.3) is 0 Å². The van der Waals surface area contributed by atoms with Gasteiger partial charge in [-0.1, -0.05) is 25.3 Å². The summed E-state index contributed by atoms with van der Waals surface area (Å²) in [6.07, 6.45) is 5.65. The molecule has 0 bridgehead atoms. The van der Waals surface area contributed by atoms with Gasteiger partial charge in [-0.2, -0.15) is 0 Å². The predicted octanol–water partition coefficient (Wildman–Crippen LogP) is 2.75. The molecule has 0 aromatic heterocycles. The number of aliphatic carboxylic acids is 1. The fourth-order valence-electron chi connectivity index (χ4n) is 2.85. The van der Waals surface area contributed by atoms with E-state index >= 15 is 0 Å². The lowest BCUT2D eigenvalue weighted by atomic mass is 9.94. The minimum Gasteiger partial charge on any atom is -0.493 e. The summed E-state index contributed by atoms with van der Waals surface area (Å²) in [5.41, 5.74) is 0.686. The lowest BCUT2D eigenvalue weighted by molar-refractivity contribution is -0.140. The summed E-state index contributed by atoms with van der Waals surface area (Å²) < 4.78 is 10.4. The lowest BCUT2D eigenvalue weighted by Gasteiger charge is -2.27. The van der Waals surface area contributed by atoms with Crippen molar-refractivity contribution in [1.29, 1.82) is 0 Å². The van der Waals surface area contributed by atoms with Gasteiger partial charge in [-0.25, -0.2) is 0 Å². The highest BCUT2D eigenvalue weighted by molar-refractivity contribution is 5.76. The van der Waals surface area contributed by atoms with Crippen molar-refractivity contribution in [2.45, 2.75) is 44.2 Å². The summed E-state index contributed by atoms with van der Waals surface area (Å²) in [6, 6.07) is 4.80. The molecule has 1 aliphatic rings. The van der Waals surface area contributed by atoms with E-state index in [1.807, 2.05) is 0 Å². The average molecular weight is 293 g/mol. The number of methoxy groups -OCH3 is 2. The fraction of sp³-hybridized carbons (Fsp3) is 0.562. The van der Waals surface area contributed by atoms with Crippen molar-refractivity contribution < 1.29 is 19.4 Å². The molecular formula is C16H23NO4. The van der Waals surface area contributed by atoms with E-state index < -0.39 is 12.0 Å². The molecule has 2 N–H and O–H groups in total. The lowest BCUT2D eigenvalue weighted by Crippen LogP contribution is -2.38. The highest BCUT2D eigenvalue weighted by atomic mass is 16.5. The molecule has 0 saturated heterocycles. The van der Waals surface area contributed by atoms with E-state index in [4.69, 9.17) is 9.47 Å². The van der Waals surface area contributed by atoms with Crippen LogP contribution in [0.15, 0.2) is 18.2 Å². The van der Waals surface area contributed by atoms with Crippen molar-refractivity contribution in [2.75, 3.05) is 14.2 Å². The molecule has 5 nitrogen and oxygen atoms in total. The number of benzene rings is 1. The molecule has 1 aromatic carbocycles. The van der Waals surface area contributed by atoms with Gasteiger partial charge in [-0.15, -0.1) is 0 Å². The second-order valence-corrected chi connectivity index (χ2v) is 5.39. The van der Waals surface area contributed by atoms with Gasteiger partial charge in [0, 0.05) is 6.04 Å². The van der Waals surface area contributed by atoms with Crippen LogP contribution in [0.1, 0.15) is 43.7 Å². The number of carbonyl (C=O) groups is 1. The number of hydrogen-bond acceptors (Lipinski definition) is 4. The number of ether oxygens (including phenoxy) is 2. The molecule has 116 valence electrons. The summed E-state index contributed by atoms with van der Waals surface area (Å²) in [7, 11) is 3.11.